The third-order valence-electron chi connectivity index (χ3n) is 4.85. The van der Waals surface area contributed by atoms with Crippen molar-refractivity contribution in [3.63, 3.8) is 0 Å². The number of imidazole rings is 1. The summed E-state index contributed by atoms with van der Waals surface area (Å²) in [4.78, 5) is 49.2. The molecule has 9 nitrogen and oxygen atoms in total. The fourth-order valence-corrected chi connectivity index (χ4v) is 5.30. The van der Waals surface area contributed by atoms with Crippen molar-refractivity contribution in [1.82, 2.24) is 19.5 Å². The van der Waals surface area contributed by atoms with Crippen LogP contribution in [0.3, 0.4) is 0 Å². The third kappa shape index (κ3) is 4.69. The van der Waals surface area contributed by atoms with Crippen LogP contribution in [-0.4, -0.2) is 45.7 Å². The SMILES string of the molecule is COC(=O)Cc1c(C(=O)OC)sc2nc(CSc3nccn3-c3cccc(C)c3)[nH]c(=O)c12. The Kier molecular flexibility index (Phi) is 6.61. The van der Waals surface area contributed by atoms with Crippen LogP contribution in [0.2, 0.25) is 0 Å². The first kappa shape index (κ1) is 22.7. The summed E-state index contributed by atoms with van der Waals surface area (Å²) in [6.45, 7) is 2.02. The van der Waals surface area contributed by atoms with Gasteiger partial charge in [-0.25, -0.2) is 14.8 Å². The molecular weight excluding hydrogens is 464 g/mol. The van der Waals surface area contributed by atoms with E-state index in [2.05, 4.69) is 21.0 Å². The molecule has 0 saturated heterocycles. The average molecular weight is 485 g/mol. The number of aromatic amines is 1. The second kappa shape index (κ2) is 9.59. The summed E-state index contributed by atoms with van der Waals surface area (Å²) >= 11 is 2.44. The standard InChI is InChI=1S/C22H20N4O5S2/c1-12-5-4-6-13(9-12)26-8-7-23-22(26)32-11-15-24-19(28)17-14(10-16(27)30-2)18(21(29)31-3)33-20(17)25-15/h4-9H,10-11H2,1-3H3,(H,24,25,28). The molecule has 1 aromatic carbocycles. The Bertz CT molecular complexity index is 1410. The first-order valence-electron chi connectivity index (χ1n) is 9.84. The van der Waals surface area contributed by atoms with Gasteiger partial charge in [-0.1, -0.05) is 23.9 Å². The highest BCUT2D eigenvalue weighted by atomic mass is 32.2. The number of nitrogens with one attached hydrogen (secondary N) is 1. The number of esters is 2. The van der Waals surface area contributed by atoms with Crippen molar-refractivity contribution in [3.8, 4) is 5.69 Å². The molecule has 0 atom stereocenters. The second-order valence-electron chi connectivity index (χ2n) is 7.05. The molecule has 3 heterocycles. The molecule has 0 amide bonds. The number of hydrogen-bond donors (Lipinski definition) is 1. The van der Waals surface area contributed by atoms with Gasteiger partial charge in [-0.15, -0.1) is 11.3 Å². The lowest BCUT2D eigenvalue weighted by Crippen LogP contribution is -2.15. The maximum absolute atomic E-state index is 12.9. The Morgan fingerprint density at radius 1 is 1.24 bits per heavy atom. The number of hydrogen-bond acceptors (Lipinski definition) is 9. The van der Waals surface area contributed by atoms with E-state index >= 15 is 0 Å². The lowest BCUT2D eigenvalue weighted by molar-refractivity contribution is -0.139. The van der Waals surface area contributed by atoms with Gasteiger partial charge in [0.05, 0.1) is 31.8 Å². The summed E-state index contributed by atoms with van der Waals surface area (Å²) in [5.41, 5.74) is 1.95. The van der Waals surface area contributed by atoms with E-state index in [4.69, 9.17) is 9.47 Å². The molecule has 170 valence electrons. The Hall–Kier alpha value is -3.44. The molecule has 4 rings (SSSR count). The van der Waals surface area contributed by atoms with Crippen LogP contribution in [0.25, 0.3) is 15.9 Å². The zero-order valence-corrected chi connectivity index (χ0v) is 19.7. The minimum atomic E-state index is -0.632. The van der Waals surface area contributed by atoms with E-state index in [0.29, 0.717) is 16.4 Å². The van der Waals surface area contributed by atoms with E-state index in [1.54, 1.807) is 6.20 Å². The lowest BCUT2D eigenvalue weighted by Gasteiger charge is -2.08. The first-order chi connectivity index (χ1) is 15.9. The van der Waals surface area contributed by atoms with Crippen LogP contribution in [0.4, 0.5) is 0 Å². The zero-order chi connectivity index (χ0) is 23.5. The van der Waals surface area contributed by atoms with Crippen LogP contribution >= 0.6 is 23.1 Å². The van der Waals surface area contributed by atoms with Crippen molar-refractivity contribution in [2.24, 2.45) is 0 Å². The average Bonchev–Trinajstić information content (AvgIpc) is 3.42. The molecule has 0 saturated carbocycles. The number of aromatic nitrogens is 4. The number of aryl methyl sites for hydroxylation is 1. The second-order valence-corrected chi connectivity index (χ2v) is 9.00. The monoisotopic (exact) mass is 484 g/mol. The summed E-state index contributed by atoms with van der Waals surface area (Å²) in [5, 5.41) is 0.942. The molecule has 1 N–H and O–H groups in total. The molecular formula is C22H20N4O5S2. The van der Waals surface area contributed by atoms with Crippen LogP contribution in [-0.2, 0) is 26.4 Å². The predicted octanol–water partition coefficient (Wildman–Crippen LogP) is 3.27. The quantitative estimate of drug-likeness (QED) is 0.314. The van der Waals surface area contributed by atoms with Crippen molar-refractivity contribution in [2.45, 2.75) is 24.3 Å². The van der Waals surface area contributed by atoms with Gasteiger partial charge in [-0.2, -0.15) is 0 Å². The summed E-state index contributed by atoms with van der Waals surface area (Å²) in [6.07, 6.45) is 3.36. The number of carbonyl (C=O) groups is 2. The van der Waals surface area contributed by atoms with Gasteiger partial charge in [0, 0.05) is 23.6 Å². The van der Waals surface area contributed by atoms with Crippen molar-refractivity contribution < 1.29 is 19.1 Å². The topological polar surface area (TPSA) is 116 Å². The van der Waals surface area contributed by atoms with Gasteiger partial charge in [0.2, 0.25) is 0 Å². The molecule has 3 aromatic heterocycles. The summed E-state index contributed by atoms with van der Waals surface area (Å²) in [6, 6.07) is 8.05. The predicted molar refractivity (Wildman–Crippen MR) is 125 cm³/mol. The number of benzene rings is 1. The van der Waals surface area contributed by atoms with Gasteiger partial charge in [0.15, 0.2) is 5.16 Å². The van der Waals surface area contributed by atoms with Crippen molar-refractivity contribution in [3.05, 3.63) is 68.8 Å². The minimum absolute atomic E-state index is 0.163. The highest BCUT2D eigenvalue weighted by molar-refractivity contribution is 7.98. The van der Waals surface area contributed by atoms with Gasteiger partial charge in [0.25, 0.3) is 5.56 Å². The third-order valence-corrected chi connectivity index (χ3v) is 6.94. The van der Waals surface area contributed by atoms with Gasteiger partial charge >= 0.3 is 11.9 Å². The van der Waals surface area contributed by atoms with E-state index in [-0.39, 0.29) is 22.2 Å². The molecule has 0 fully saturated rings. The van der Waals surface area contributed by atoms with E-state index in [0.717, 1.165) is 27.7 Å². The van der Waals surface area contributed by atoms with E-state index in [1.165, 1.54) is 26.0 Å². The smallest absolute Gasteiger partial charge is 0.348 e. The molecule has 0 aliphatic carbocycles. The van der Waals surface area contributed by atoms with Gasteiger partial charge < -0.3 is 14.5 Å². The highest BCUT2D eigenvalue weighted by Gasteiger charge is 2.24. The first-order valence-corrected chi connectivity index (χ1v) is 11.6. The Balaban J connectivity index is 1.66. The number of methoxy groups -OCH3 is 2. The summed E-state index contributed by atoms with van der Waals surface area (Å²) < 4.78 is 11.5. The number of ether oxygens (including phenoxy) is 2. The molecule has 4 aromatic rings. The van der Waals surface area contributed by atoms with E-state index in [1.807, 2.05) is 35.9 Å². The maximum Gasteiger partial charge on any atom is 0.348 e. The maximum atomic E-state index is 12.9. The highest BCUT2D eigenvalue weighted by Crippen LogP contribution is 2.30. The molecule has 11 heteroatoms. The summed E-state index contributed by atoms with van der Waals surface area (Å²) in [7, 11) is 2.48. The van der Waals surface area contributed by atoms with Crippen molar-refractivity contribution in [1.29, 1.82) is 0 Å². The number of fused-ring (bicyclic) bond motifs is 1. The molecule has 0 bridgehead atoms. The van der Waals surface area contributed by atoms with Crippen molar-refractivity contribution in [2.75, 3.05) is 14.2 Å². The molecule has 0 radical (unpaired) electrons. The molecule has 0 aliphatic heterocycles. The van der Waals surface area contributed by atoms with Gasteiger partial charge in [-0.05, 0) is 24.6 Å². The van der Waals surface area contributed by atoms with Crippen LogP contribution in [0.5, 0.6) is 0 Å². The van der Waals surface area contributed by atoms with Crippen LogP contribution in [0, 0.1) is 6.92 Å². The van der Waals surface area contributed by atoms with Gasteiger partial charge in [-0.3, -0.25) is 14.2 Å². The Morgan fingerprint density at radius 2 is 2.06 bits per heavy atom. The lowest BCUT2D eigenvalue weighted by atomic mass is 10.1. The van der Waals surface area contributed by atoms with Crippen molar-refractivity contribution >= 4 is 45.3 Å². The van der Waals surface area contributed by atoms with Gasteiger partial charge in [0.1, 0.15) is 15.5 Å². The molecule has 0 spiro atoms. The summed E-state index contributed by atoms with van der Waals surface area (Å²) in [5.74, 6) is -0.418. The molecule has 33 heavy (non-hydrogen) atoms. The Labute approximate surface area is 196 Å². The number of rotatable bonds is 7. The normalized spacial score (nSPS) is 11.0. The number of carbonyl (C=O) groups excluding carboxylic acids is 2. The van der Waals surface area contributed by atoms with E-state index in [9.17, 15) is 14.4 Å². The van der Waals surface area contributed by atoms with Crippen LogP contribution in [0.15, 0.2) is 46.6 Å². The zero-order valence-electron chi connectivity index (χ0n) is 18.1. The number of H-pyrrole nitrogens is 1. The largest absolute Gasteiger partial charge is 0.469 e. The number of nitrogens with zero attached hydrogens (tertiary/aromatic N) is 3. The Morgan fingerprint density at radius 3 is 2.79 bits per heavy atom. The number of thiophene rings is 1. The molecule has 0 unspecified atom stereocenters. The van der Waals surface area contributed by atoms with Crippen LogP contribution in [0.1, 0.15) is 26.6 Å². The number of thioether (sulfide) groups is 1. The van der Waals surface area contributed by atoms with Crippen LogP contribution < -0.4 is 5.56 Å². The fourth-order valence-electron chi connectivity index (χ4n) is 3.32. The molecule has 0 aliphatic rings. The fraction of sp³-hybridized carbons (Fsp3) is 0.227. The van der Waals surface area contributed by atoms with E-state index < -0.39 is 17.5 Å². The minimum Gasteiger partial charge on any atom is -0.469 e.